The van der Waals surface area contributed by atoms with Gasteiger partial charge in [0.2, 0.25) is 0 Å². The molecule has 4 heteroatoms. The van der Waals surface area contributed by atoms with E-state index in [-0.39, 0.29) is 0 Å². The number of rotatable bonds is 4. The zero-order valence-corrected chi connectivity index (χ0v) is 12.1. The predicted octanol–water partition coefficient (Wildman–Crippen LogP) is 2.66. The number of anilines is 1. The van der Waals surface area contributed by atoms with Crippen molar-refractivity contribution in [3.8, 4) is 0 Å². The number of benzene rings is 1. The first-order valence-electron chi connectivity index (χ1n) is 7.18. The molecule has 0 radical (unpaired) electrons. The monoisotopic (exact) mass is 271 g/mol. The number of aryl methyl sites for hydroxylation is 2. The molecule has 0 aliphatic carbocycles. The molecule has 0 amide bonds. The maximum atomic E-state index is 5.06. The van der Waals surface area contributed by atoms with Gasteiger partial charge in [0.1, 0.15) is 5.76 Å². The molecule has 4 nitrogen and oxygen atoms in total. The number of aromatic nitrogens is 1. The third kappa shape index (κ3) is 2.85. The minimum atomic E-state index is 0.744. The molecule has 0 saturated carbocycles. The highest BCUT2D eigenvalue weighted by Crippen LogP contribution is 2.26. The van der Waals surface area contributed by atoms with Gasteiger partial charge in [-0.3, -0.25) is 0 Å². The van der Waals surface area contributed by atoms with E-state index in [0.29, 0.717) is 0 Å². The van der Waals surface area contributed by atoms with E-state index in [1.54, 1.807) is 0 Å². The van der Waals surface area contributed by atoms with Crippen LogP contribution in [0.4, 0.5) is 5.69 Å². The minimum Gasteiger partial charge on any atom is -0.374 e. The first kappa shape index (κ1) is 13.2. The molecule has 1 aromatic carbocycles. The molecular weight excluding hydrogens is 250 g/mol. The van der Waals surface area contributed by atoms with E-state index in [2.05, 4.69) is 40.6 Å². The van der Waals surface area contributed by atoms with Crippen molar-refractivity contribution in [3.05, 3.63) is 46.8 Å². The first-order chi connectivity index (χ1) is 9.72. The molecule has 0 spiro atoms. The second-order valence-corrected chi connectivity index (χ2v) is 5.52. The van der Waals surface area contributed by atoms with E-state index in [1.165, 1.54) is 29.7 Å². The van der Waals surface area contributed by atoms with Crippen molar-refractivity contribution in [2.24, 2.45) is 0 Å². The first-order valence-corrected chi connectivity index (χ1v) is 7.18. The fourth-order valence-electron chi connectivity index (χ4n) is 2.78. The highest BCUT2D eigenvalue weighted by atomic mass is 16.5. The molecule has 2 aromatic rings. The Bertz CT molecular complexity index is 591. The van der Waals surface area contributed by atoms with Crippen LogP contribution in [0.5, 0.6) is 0 Å². The van der Waals surface area contributed by atoms with Crippen molar-refractivity contribution in [1.29, 1.82) is 0 Å². The summed E-state index contributed by atoms with van der Waals surface area (Å²) >= 11 is 0. The summed E-state index contributed by atoms with van der Waals surface area (Å²) in [6.07, 6.45) is 2.44. The molecule has 3 rings (SSSR count). The van der Waals surface area contributed by atoms with E-state index in [4.69, 9.17) is 4.52 Å². The molecule has 1 aliphatic heterocycles. The van der Waals surface area contributed by atoms with Crippen LogP contribution in [0.25, 0.3) is 0 Å². The van der Waals surface area contributed by atoms with Crippen molar-refractivity contribution >= 4 is 5.69 Å². The number of fused-ring (bicyclic) bond motifs is 1. The zero-order chi connectivity index (χ0) is 13.9. The van der Waals surface area contributed by atoms with Crippen LogP contribution in [0.3, 0.4) is 0 Å². The molecule has 1 aliphatic rings. The van der Waals surface area contributed by atoms with Crippen LogP contribution >= 0.6 is 0 Å². The lowest BCUT2D eigenvalue weighted by atomic mass is 9.99. The molecule has 2 heterocycles. The van der Waals surface area contributed by atoms with Crippen molar-refractivity contribution < 1.29 is 4.52 Å². The van der Waals surface area contributed by atoms with Crippen molar-refractivity contribution in [2.45, 2.75) is 32.9 Å². The summed E-state index contributed by atoms with van der Waals surface area (Å²) < 4.78 is 5.06. The van der Waals surface area contributed by atoms with Crippen LogP contribution in [0.1, 0.15) is 29.0 Å². The number of nitrogens with one attached hydrogen (secondary N) is 1. The van der Waals surface area contributed by atoms with Gasteiger partial charge in [-0.1, -0.05) is 17.3 Å². The number of nitrogens with zero attached hydrogens (tertiary/aromatic N) is 2. The normalized spacial score (nSPS) is 14.4. The Morgan fingerprint density at radius 3 is 3.00 bits per heavy atom. The highest BCUT2D eigenvalue weighted by Gasteiger charge is 2.13. The lowest BCUT2D eigenvalue weighted by Gasteiger charge is -2.27. The van der Waals surface area contributed by atoms with E-state index in [0.717, 1.165) is 31.1 Å². The quantitative estimate of drug-likeness (QED) is 0.928. The van der Waals surface area contributed by atoms with Crippen LogP contribution in [-0.4, -0.2) is 18.7 Å². The van der Waals surface area contributed by atoms with Crippen LogP contribution in [-0.2, 0) is 19.5 Å². The summed E-state index contributed by atoms with van der Waals surface area (Å²) in [6, 6.07) is 8.74. The van der Waals surface area contributed by atoms with Gasteiger partial charge in [0, 0.05) is 38.4 Å². The van der Waals surface area contributed by atoms with Crippen LogP contribution in [0, 0.1) is 6.92 Å². The van der Waals surface area contributed by atoms with Gasteiger partial charge in [-0.25, -0.2) is 0 Å². The second-order valence-electron chi connectivity index (χ2n) is 5.52. The Morgan fingerprint density at radius 1 is 1.30 bits per heavy atom. The molecule has 0 saturated heterocycles. The molecular formula is C16H21N3O. The molecule has 106 valence electrons. The molecule has 1 N–H and O–H groups in total. The predicted molar refractivity (Wildman–Crippen MR) is 79.8 cm³/mol. The summed E-state index contributed by atoms with van der Waals surface area (Å²) in [6.45, 7) is 4.68. The second kappa shape index (κ2) is 5.67. The van der Waals surface area contributed by atoms with Gasteiger partial charge >= 0.3 is 0 Å². The topological polar surface area (TPSA) is 41.3 Å². The molecule has 0 bridgehead atoms. The average molecular weight is 271 g/mol. The van der Waals surface area contributed by atoms with E-state index < -0.39 is 0 Å². The van der Waals surface area contributed by atoms with E-state index in [1.807, 2.05) is 13.0 Å². The summed E-state index contributed by atoms with van der Waals surface area (Å²) in [4.78, 5) is 2.34. The molecule has 0 unspecified atom stereocenters. The lowest BCUT2D eigenvalue weighted by Crippen LogP contribution is -2.24. The SMILES string of the molecule is Cc1cc(CNCc2ccc3c(c2)CCCN3C)no1. The molecule has 1 aromatic heterocycles. The summed E-state index contributed by atoms with van der Waals surface area (Å²) in [5, 5.41) is 7.40. The zero-order valence-electron chi connectivity index (χ0n) is 12.1. The van der Waals surface area contributed by atoms with Gasteiger partial charge in [0.25, 0.3) is 0 Å². The Morgan fingerprint density at radius 2 is 2.20 bits per heavy atom. The Hall–Kier alpha value is -1.81. The highest BCUT2D eigenvalue weighted by molar-refractivity contribution is 5.56. The van der Waals surface area contributed by atoms with Gasteiger partial charge in [-0.15, -0.1) is 0 Å². The Kier molecular flexibility index (Phi) is 3.74. The van der Waals surface area contributed by atoms with Crippen LogP contribution < -0.4 is 10.2 Å². The van der Waals surface area contributed by atoms with Crippen LogP contribution in [0.15, 0.2) is 28.8 Å². The van der Waals surface area contributed by atoms with E-state index >= 15 is 0 Å². The van der Waals surface area contributed by atoms with Gasteiger partial charge in [-0.05, 0) is 37.0 Å². The van der Waals surface area contributed by atoms with Gasteiger partial charge < -0.3 is 14.7 Å². The molecule has 0 atom stereocenters. The van der Waals surface area contributed by atoms with Gasteiger partial charge in [0.15, 0.2) is 0 Å². The van der Waals surface area contributed by atoms with E-state index in [9.17, 15) is 0 Å². The largest absolute Gasteiger partial charge is 0.374 e. The standard InChI is InChI=1S/C16H21N3O/c1-12-8-15(18-20-12)11-17-10-13-5-6-16-14(9-13)4-3-7-19(16)2/h5-6,8-9,17H,3-4,7,10-11H2,1-2H3. The summed E-state index contributed by atoms with van der Waals surface area (Å²) in [5.74, 6) is 0.860. The maximum absolute atomic E-state index is 5.06. The van der Waals surface area contributed by atoms with Gasteiger partial charge in [-0.2, -0.15) is 0 Å². The van der Waals surface area contributed by atoms with Crippen LogP contribution in [0.2, 0.25) is 0 Å². The fraction of sp³-hybridized carbons (Fsp3) is 0.438. The number of hydrogen-bond acceptors (Lipinski definition) is 4. The maximum Gasteiger partial charge on any atom is 0.133 e. The average Bonchev–Trinajstić information content (AvgIpc) is 2.85. The summed E-state index contributed by atoms with van der Waals surface area (Å²) in [7, 11) is 2.17. The fourth-order valence-corrected chi connectivity index (χ4v) is 2.78. The Balaban J connectivity index is 1.60. The third-order valence-corrected chi connectivity index (χ3v) is 3.81. The van der Waals surface area contributed by atoms with Crippen molar-refractivity contribution in [1.82, 2.24) is 10.5 Å². The molecule has 20 heavy (non-hydrogen) atoms. The molecule has 0 fully saturated rings. The third-order valence-electron chi connectivity index (χ3n) is 3.81. The van der Waals surface area contributed by atoms with Crippen molar-refractivity contribution in [2.75, 3.05) is 18.5 Å². The smallest absolute Gasteiger partial charge is 0.133 e. The lowest BCUT2D eigenvalue weighted by molar-refractivity contribution is 0.388. The number of hydrogen-bond donors (Lipinski definition) is 1. The minimum absolute atomic E-state index is 0.744. The van der Waals surface area contributed by atoms with Crippen molar-refractivity contribution in [3.63, 3.8) is 0 Å². The Labute approximate surface area is 119 Å². The van der Waals surface area contributed by atoms with Gasteiger partial charge in [0.05, 0.1) is 5.69 Å². The summed E-state index contributed by atoms with van der Waals surface area (Å²) in [5.41, 5.74) is 5.14.